The molecule has 2 fully saturated rings. The summed E-state index contributed by atoms with van der Waals surface area (Å²) in [5.41, 5.74) is 0.961. The Morgan fingerprint density at radius 2 is 2.17 bits per heavy atom. The lowest BCUT2D eigenvalue weighted by atomic mass is 9.82. The monoisotopic (exact) mass is 348 g/mol. The summed E-state index contributed by atoms with van der Waals surface area (Å²) in [7, 11) is 0. The van der Waals surface area contributed by atoms with Gasteiger partial charge in [-0.25, -0.2) is 0 Å². The molecule has 2 aliphatic heterocycles. The molecule has 0 bridgehead atoms. The van der Waals surface area contributed by atoms with Gasteiger partial charge in [-0.3, -0.25) is 4.79 Å². The maximum absolute atomic E-state index is 12.8. The minimum atomic E-state index is -0.460. The van der Waals surface area contributed by atoms with Crippen LogP contribution in [0.25, 0.3) is 10.9 Å². The number of ether oxygens (including phenoxy) is 1. The Hall–Kier alpha value is -1.56. The molecule has 0 unspecified atom stereocenters. The minimum Gasteiger partial charge on any atom is -0.390 e. The number of carbonyl (C=O) groups is 1. The highest BCUT2D eigenvalue weighted by Gasteiger charge is 2.44. The summed E-state index contributed by atoms with van der Waals surface area (Å²) in [6.45, 7) is 1.89. The number of aliphatic hydroxyl groups is 1. The lowest BCUT2D eigenvalue weighted by Crippen LogP contribution is -2.56. The predicted molar refractivity (Wildman–Crippen MR) is 92.4 cm³/mol. The molecule has 24 heavy (non-hydrogen) atoms. The third kappa shape index (κ3) is 2.61. The van der Waals surface area contributed by atoms with Crippen LogP contribution in [0.15, 0.2) is 24.3 Å². The van der Waals surface area contributed by atoms with E-state index < -0.39 is 11.7 Å². The van der Waals surface area contributed by atoms with E-state index in [1.165, 1.54) is 0 Å². The summed E-state index contributed by atoms with van der Waals surface area (Å²) in [5.74, 6) is -0.0255. The van der Waals surface area contributed by atoms with Gasteiger partial charge >= 0.3 is 0 Å². The maximum atomic E-state index is 12.8. The Kier molecular flexibility index (Phi) is 4.03. The fraction of sp³-hybridized carbons (Fsp3) is 0.500. The van der Waals surface area contributed by atoms with Gasteiger partial charge < -0.3 is 19.7 Å². The normalized spacial score (nSPS) is 23.8. The number of likely N-dealkylation sites (tertiary alicyclic amines) is 1. The van der Waals surface area contributed by atoms with Gasteiger partial charge in [0.2, 0.25) is 0 Å². The number of H-pyrrole nitrogens is 1. The number of aromatic nitrogens is 1. The van der Waals surface area contributed by atoms with E-state index in [-0.39, 0.29) is 5.91 Å². The maximum Gasteiger partial charge on any atom is 0.270 e. The Labute approximate surface area is 145 Å². The second-order valence-electron chi connectivity index (χ2n) is 6.75. The van der Waals surface area contributed by atoms with Crippen LogP contribution in [0, 0.1) is 0 Å². The number of hydrogen-bond donors (Lipinski definition) is 2. The predicted octanol–water partition coefficient (Wildman–Crippen LogP) is 2.97. The van der Waals surface area contributed by atoms with Crippen LogP contribution in [0.3, 0.4) is 0 Å². The lowest BCUT2D eigenvalue weighted by Gasteiger charge is -2.46. The molecule has 5 nitrogen and oxygen atoms in total. The molecule has 1 amide bonds. The summed E-state index contributed by atoms with van der Waals surface area (Å²) >= 11 is 6.19. The molecule has 0 saturated carbocycles. The van der Waals surface area contributed by atoms with Crippen molar-refractivity contribution in [3.8, 4) is 0 Å². The fourth-order valence-electron chi connectivity index (χ4n) is 3.88. The van der Waals surface area contributed by atoms with Gasteiger partial charge in [-0.15, -0.1) is 0 Å². The average molecular weight is 349 g/mol. The van der Waals surface area contributed by atoms with Gasteiger partial charge in [-0.05, 0) is 43.9 Å². The molecule has 0 aliphatic carbocycles. The van der Waals surface area contributed by atoms with Crippen molar-refractivity contribution in [2.45, 2.75) is 37.4 Å². The smallest absolute Gasteiger partial charge is 0.270 e. The summed E-state index contributed by atoms with van der Waals surface area (Å²) in [4.78, 5) is 17.8. The summed E-state index contributed by atoms with van der Waals surface area (Å²) < 4.78 is 5.90. The molecule has 2 N–H and O–H groups in total. The molecule has 2 aromatic rings. The van der Waals surface area contributed by atoms with E-state index in [2.05, 4.69) is 4.98 Å². The third-order valence-corrected chi connectivity index (χ3v) is 5.69. The number of amides is 1. The van der Waals surface area contributed by atoms with Crippen LogP contribution in [0.1, 0.15) is 36.2 Å². The van der Waals surface area contributed by atoms with Crippen molar-refractivity contribution in [3.63, 3.8) is 0 Å². The summed E-state index contributed by atoms with van der Waals surface area (Å²) in [6.07, 6.45) is 2.63. The second kappa shape index (κ2) is 6.06. The molecule has 128 valence electrons. The van der Waals surface area contributed by atoms with Crippen molar-refractivity contribution >= 4 is 28.4 Å². The molecule has 2 aliphatic rings. The fourth-order valence-corrected chi connectivity index (χ4v) is 4.11. The van der Waals surface area contributed by atoms with Gasteiger partial charge in [-0.2, -0.15) is 0 Å². The number of halogens is 1. The molecular weight excluding hydrogens is 328 g/mol. The number of aliphatic hydroxyl groups excluding tert-OH is 1. The first-order valence-electron chi connectivity index (χ1n) is 8.48. The first-order chi connectivity index (χ1) is 11.6. The zero-order valence-corrected chi connectivity index (χ0v) is 14.2. The average Bonchev–Trinajstić information content (AvgIpc) is 3.03. The van der Waals surface area contributed by atoms with E-state index in [0.29, 0.717) is 43.3 Å². The molecule has 1 aromatic heterocycles. The highest BCUT2D eigenvalue weighted by atomic mass is 35.5. The lowest BCUT2D eigenvalue weighted by molar-refractivity contribution is -0.174. The molecule has 1 aromatic carbocycles. The number of hydrogen-bond acceptors (Lipinski definition) is 3. The first-order valence-corrected chi connectivity index (χ1v) is 8.85. The van der Waals surface area contributed by atoms with E-state index in [1.807, 2.05) is 29.2 Å². The van der Waals surface area contributed by atoms with Gasteiger partial charge in [0.15, 0.2) is 0 Å². The van der Waals surface area contributed by atoms with E-state index in [0.717, 1.165) is 23.7 Å². The minimum absolute atomic E-state index is 0.0255. The van der Waals surface area contributed by atoms with Crippen LogP contribution in [0.4, 0.5) is 0 Å². The van der Waals surface area contributed by atoms with Crippen LogP contribution in [-0.2, 0) is 4.74 Å². The van der Waals surface area contributed by atoms with Crippen molar-refractivity contribution < 1.29 is 14.6 Å². The van der Waals surface area contributed by atoms with Crippen LogP contribution in [0.2, 0.25) is 5.02 Å². The molecule has 6 heteroatoms. The zero-order chi connectivity index (χ0) is 16.7. The van der Waals surface area contributed by atoms with Crippen molar-refractivity contribution in [1.29, 1.82) is 0 Å². The Morgan fingerprint density at radius 3 is 2.88 bits per heavy atom. The van der Waals surface area contributed by atoms with Crippen LogP contribution in [-0.4, -0.2) is 52.3 Å². The quantitative estimate of drug-likeness (QED) is 0.832. The molecule has 0 radical (unpaired) electrons. The second-order valence-corrected chi connectivity index (χ2v) is 7.15. The standard InChI is InChI=1S/C18H21ClN2O3/c19-13-3-1-4-14-12(13)11-15(20-14)17(23)21-8-6-18(7-9-21)16(22)5-2-10-24-18/h1,3-4,11,16,20,22H,2,5-10H2/t16-/m1/s1. The summed E-state index contributed by atoms with van der Waals surface area (Å²) in [5, 5.41) is 11.8. The number of benzene rings is 1. The SMILES string of the molecule is O=C(c1cc2c(Cl)cccc2[nH]1)N1CCC2(CC1)OCCC[C@H]2O. The van der Waals surface area contributed by atoms with E-state index >= 15 is 0 Å². The Bertz CT molecular complexity index is 765. The molecular formula is C18H21ClN2O3. The molecule has 1 spiro atoms. The third-order valence-electron chi connectivity index (χ3n) is 5.36. The number of rotatable bonds is 1. The van der Waals surface area contributed by atoms with E-state index in [9.17, 15) is 9.90 Å². The number of nitrogens with zero attached hydrogens (tertiary/aromatic N) is 1. The molecule has 2 saturated heterocycles. The van der Waals surface area contributed by atoms with E-state index in [4.69, 9.17) is 16.3 Å². The number of carbonyl (C=O) groups excluding carboxylic acids is 1. The van der Waals surface area contributed by atoms with Gasteiger partial charge in [-0.1, -0.05) is 17.7 Å². The zero-order valence-electron chi connectivity index (χ0n) is 13.4. The van der Waals surface area contributed by atoms with Crippen LogP contribution >= 0.6 is 11.6 Å². The van der Waals surface area contributed by atoms with Gasteiger partial charge in [0, 0.05) is 35.6 Å². The molecule has 4 rings (SSSR count). The number of nitrogens with one attached hydrogen (secondary N) is 1. The van der Waals surface area contributed by atoms with Crippen LogP contribution < -0.4 is 0 Å². The Morgan fingerprint density at radius 1 is 1.38 bits per heavy atom. The van der Waals surface area contributed by atoms with Crippen molar-refractivity contribution in [2.75, 3.05) is 19.7 Å². The molecule has 1 atom stereocenters. The highest BCUT2D eigenvalue weighted by Crippen LogP contribution is 2.35. The van der Waals surface area contributed by atoms with Gasteiger partial charge in [0.05, 0.1) is 11.7 Å². The van der Waals surface area contributed by atoms with E-state index in [1.54, 1.807) is 0 Å². The molecule has 3 heterocycles. The number of aromatic amines is 1. The van der Waals surface area contributed by atoms with Crippen molar-refractivity contribution in [2.24, 2.45) is 0 Å². The van der Waals surface area contributed by atoms with Crippen LogP contribution in [0.5, 0.6) is 0 Å². The van der Waals surface area contributed by atoms with Crippen molar-refractivity contribution in [1.82, 2.24) is 9.88 Å². The number of piperidine rings is 1. The topological polar surface area (TPSA) is 65.6 Å². The van der Waals surface area contributed by atoms with Crippen molar-refractivity contribution in [3.05, 3.63) is 35.0 Å². The van der Waals surface area contributed by atoms with Gasteiger partial charge in [0.25, 0.3) is 5.91 Å². The number of fused-ring (bicyclic) bond motifs is 1. The largest absolute Gasteiger partial charge is 0.390 e. The van der Waals surface area contributed by atoms with Gasteiger partial charge in [0.1, 0.15) is 5.69 Å². The highest BCUT2D eigenvalue weighted by molar-refractivity contribution is 6.35. The Balaban J connectivity index is 1.50. The summed E-state index contributed by atoms with van der Waals surface area (Å²) in [6, 6.07) is 7.41. The first kappa shape index (κ1) is 15.9.